The lowest BCUT2D eigenvalue weighted by Gasteiger charge is -2.08. The second kappa shape index (κ2) is 3.67. The summed E-state index contributed by atoms with van der Waals surface area (Å²) in [5.74, 6) is 2.85. The van der Waals surface area contributed by atoms with Crippen molar-refractivity contribution in [3.63, 3.8) is 0 Å². The second-order valence-electron chi connectivity index (χ2n) is 5.64. The van der Waals surface area contributed by atoms with E-state index in [-0.39, 0.29) is 5.92 Å². The molecule has 2 aliphatic carbocycles. The van der Waals surface area contributed by atoms with Gasteiger partial charge in [0.2, 0.25) is 5.89 Å². The molecule has 0 radical (unpaired) electrons. The van der Waals surface area contributed by atoms with E-state index >= 15 is 0 Å². The Bertz CT molecular complexity index is 573. The lowest BCUT2D eigenvalue weighted by Crippen LogP contribution is -2.15. The van der Waals surface area contributed by atoms with Crippen LogP contribution in [0, 0.1) is 17.8 Å². The highest BCUT2D eigenvalue weighted by Gasteiger charge is 2.47. The molecule has 2 unspecified atom stereocenters. The highest BCUT2D eigenvalue weighted by Crippen LogP contribution is 2.54. The van der Waals surface area contributed by atoms with Gasteiger partial charge >= 0.3 is 0 Å². The summed E-state index contributed by atoms with van der Waals surface area (Å²) in [4.78, 5) is 16.5. The highest BCUT2D eigenvalue weighted by molar-refractivity contribution is 5.83. The Balaban J connectivity index is 1.51. The first-order valence-electron chi connectivity index (χ1n) is 6.67. The number of oxazole rings is 1. The fourth-order valence-electron chi connectivity index (χ4n) is 3.27. The van der Waals surface area contributed by atoms with E-state index < -0.39 is 0 Å². The van der Waals surface area contributed by atoms with Crippen molar-refractivity contribution in [1.29, 1.82) is 0 Å². The molecule has 4 rings (SSSR count). The van der Waals surface area contributed by atoms with Gasteiger partial charge in [0.05, 0.1) is 6.42 Å². The number of fused-ring (bicyclic) bond motifs is 2. The molecule has 2 fully saturated rings. The summed E-state index contributed by atoms with van der Waals surface area (Å²) in [5, 5.41) is 0. The predicted molar refractivity (Wildman–Crippen MR) is 67.0 cm³/mol. The van der Waals surface area contributed by atoms with Crippen LogP contribution in [0.1, 0.15) is 25.2 Å². The predicted octanol–water partition coefficient (Wildman–Crippen LogP) is 2.99. The van der Waals surface area contributed by atoms with Gasteiger partial charge in [0.25, 0.3) is 0 Å². The number of rotatable bonds is 3. The van der Waals surface area contributed by atoms with Crippen LogP contribution in [0.3, 0.4) is 0 Å². The van der Waals surface area contributed by atoms with Crippen LogP contribution in [0.4, 0.5) is 0 Å². The summed E-state index contributed by atoms with van der Waals surface area (Å²) in [6.45, 7) is 0. The number of hydrogen-bond acceptors (Lipinski definition) is 3. The third-order valence-corrected chi connectivity index (χ3v) is 4.36. The summed E-state index contributed by atoms with van der Waals surface area (Å²) in [7, 11) is 0. The Morgan fingerprint density at radius 1 is 1.22 bits per heavy atom. The minimum absolute atomic E-state index is 0.267. The number of ketones is 1. The van der Waals surface area contributed by atoms with Crippen LogP contribution in [0.2, 0.25) is 0 Å². The van der Waals surface area contributed by atoms with Crippen molar-refractivity contribution in [3.05, 3.63) is 30.2 Å². The molecule has 2 atom stereocenters. The zero-order valence-corrected chi connectivity index (χ0v) is 10.1. The van der Waals surface area contributed by atoms with E-state index in [4.69, 9.17) is 4.42 Å². The number of para-hydroxylation sites is 2. The number of carbonyl (C=O) groups excluding carboxylic acids is 1. The van der Waals surface area contributed by atoms with Gasteiger partial charge in [-0.1, -0.05) is 12.1 Å². The van der Waals surface area contributed by atoms with Crippen LogP contribution in [0.5, 0.6) is 0 Å². The zero-order chi connectivity index (χ0) is 12.1. The van der Waals surface area contributed by atoms with Crippen molar-refractivity contribution in [1.82, 2.24) is 4.98 Å². The Morgan fingerprint density at radius 3 is 2.78 bits per heavy atom. The van der Waals surface area contributed by atoms with Crippen molar-refractivity contribution in [3.8, 4) is 0 Å². The van der Waals surface area contributed by atoms with Crippen LogP contribution in [0.15, 0.2) is 28.7 Å². The van der Waals surface area contributed by atoms with Crippen molar-refractivity contribution in [2.24, 2.45) is 17.8 Å². The molecule has 92 valence electrons. The molecule has 2 aliphatic rings. The number of aromatic nitrogens is 1. The summed E-state index contributed by atoms with van der Waals surface area (Å²) in [5.41, 5.74) is 1.61. The molecular formula is C15H15NO2. The third kappa shape index (κ3) is 1.65. The molecule has 2 aromatic rings. The van der Waals surface area contributed by atoms with Crippen LogP contribution in [0.25, 0.3) is 11.1 Å². The van der Waals surface area contributed by atoms with Gasteiger partial charge in [0, 0.05) is 5.92 Å². The summed E-state index contributed by atoms with van der Waals surface area (Å²) in [6, 6.07) is 7.66. The molecule has 0 N–H and O–H groups in total. The molecule has 0 spiro atoms. The van der Waals surface area contributed by atoms with Gasteiger partial charge in [-0.3, -0.25) is 4.79 Å². The van der Waals surface area contributed by atoms with Crippen LogP contribution in [-0.2, 0) is 11.2 Å². The van der Waals surface area contributed by atoms with Crippen LogP contribution < -0.4 is 0 Å². The Hall–Kier alpha value is -1.64. The zero-order valence-electron chi connectivity index (χ0n) is 10.1. The molecular weight excluding hydrogens is 226 g/mol. The molecule has 0 aliphatic heterocycles. The third-order valence-electron chi connectivity index (χ3n) is 4.36. The average molecular weight is 241 g/mol. The molecule has 1 aromatic carbocycles. The van der Waals surface area contributed by atoms with E-state index in [9.17, 15) is 4.79 Å². The summed E-state index contributed by atoms with van der Waals surface area (Å²) >= 11 is 0. The number of nitrogens with zero attached hydrogens (tertiary/aromatic N) is 1. The number of hydrogen-bond donors (Lipinski definition) is 0. The SMILES string of the molecule is O=C(Cc1nc2ccccc2o1)C1CC2CC2C1. The van der Waals surface area contributed by atoms with Gasteiger partial charge in [-0.25, -0.2) is 4.98 Å². The van der Waals surface area contributed by atoms with Gasteiger partial charge in [-0.2, -0.15) is 0 Å². The minimum Gasteiger partial charge on any atom is -0.440 e. The van der Waals surface area contributed by atoms with E-state index in [0.29, 0.717) is 18.1 Å². The van der Waals surface area contributed by atoms with Crippen molar-refractivity contribution in [2.75, 3.05) is 0 Å². The van der Waals surface area contributed by atoms with Gasteiger partial charge < -0.3 is 4.42 Å². The maximum absolute atomic E-state index is 12.2. The van der Waals surface area contributed by atoms with E-state index in [1.807, 2.05) is 24.3 Å². The first-order chi connectivity index (χ1) is 8.79. The number of carbonyl (C=O) groups is 1. The molecule has 2 saturated carbocycles. The lowest BCUT2D eigenvalue weighted by molar-refractivity contribution is -0.122. The van der Waals surface area contributed by atoms with Gasteiger partial charge in [0.1, 0.15) is 11.3 Å². The molecule has 0 saturated heterocycles. The van der Waals surface area contributed by atoms with Crippen molar-refractivity contribution in [2.45, 2.75) is 25.7 Å². The average Bonchev–Trinajstić information content (AvgIpc) is 2.83. The van der Waals surface area contributed by atoms with E-state index in [1.54, 1.807) is 0 Å². The van der Waals surface area contributed by atoms with Crippen LogP contribution in [-0.4, -0.2) is 10.8 Å². The Morgan fingerprint density at radius 2 is 2.00 bits per heavy atom. The van der Waals surface area contributed by atoms with Crippen molar-refractivity contribution < 1.29 is 9.21 Å². The maximum atomic E-state index is 12.2. The first kappa shape index (κ1) is 10.3. The number of Topliss-reactive ketones (excluding diaryl/α,β-unsaturated/α-hetero) is 1. The highest BCUT2D eigenvalue weighted by atomic mass is 16.3. The first-order valence-corrected chi connectivity index (χ1v) is 6.67. The van der Waals surface area contributed by atoms with Gasteiger partial charge in [-0.05, 0) is 43.2 Å². The summed E-state index contributed by atoms with van der Waals surface area (Å²) < 4.78 is 5.60. The van der Waals surface area contributed by atoms with E-state index in [0.717, 1.165) is 35.8 Å². The van der Waals surface area contributed by atoms with E-state index in [2.05, 4.69) is 4.98 Å². The minimum atomic E-state index is 0.267. The maximum Gasteiger partial charge on any atom is 0.202 e. The lowest BCUT2D eigenvalue weighted by atomic mass is 9.96. The standard InChI is InChI=1S/C15H15NO2/c17-13(11-6-9-5-10(9)7-11)8-15-16-12-3-1-2-4-14(12)18-15/h1-4,9-11H,5-8H2. The van der Waals surface area contributed by atoms with E-state index in [1.165, 1.54) is 6.42 Å². The van der Waals surface area contributed by atoms with Crippen molar-refractivity contribution >= 4 is 16.9 Å². The molecule has 1 heterocycles. The monoisotopic (exact) mass is 241 g/mol. The quantitative estimate of drug-likeness (QED) is 0.829. The fraction of sp³-hybridized carbons (Fsp3) is 0.467. The molecule has 0 amide bonds. The fourth-order valence-corrected chi connectivity index (χ4v) is 3.27. The Kier molecular flexibility index (Phi) is 2.10. The smallest absolute Gasteiger partial charge is 0.202 e. The topological polar surface area (TPSA) is 43.1 Å². The number of benzene rings is 1. The van der Waals surface area contributed by atoms with Crippen LogP contribution >= 0.6 is 0 Å². The molecule has 3 heteroatoms. The molecule has 1 aromatic heterocycles. The van der Waals surface area contributed by atoms with Gasteiger partial charge in [-0.15, -0.1) is 0 Å². The molecule has 3 nitrogen and oxygen atoms in total. The largest absolute Gasteiger partial charge is 0.440 e. The van der Waals surface area contributed by atoms with Gasteiger partial charge in [0.15, 0.2) is 5.58 Å². The molecule has 18 heavy (non-hydrogen) atoms. The normalized spacial score (nSPS) is 29.4. The second-order valence-corrected chi connectivity index (χ2v) is 5.64. The summed E-state index contributed by atoms with van der Waals surface area (Å²) in [6.07, 6.45) is 3.92. The molecule has 0 bridgehead atoms. The Labute approximate surface area is 105 Å².